The van der Waals surface area contributed by atoms with Crippen LogP contribution < -0.4 is 9.46 Å². The number of aromatic nitrogens is 3. The third kappa shape index (κ3) is 9.38. The molecule has 4 aromatic rings. The highest BCUT2D eigenvalue weighted by atomic mass is 35.5. The van der Waals surface area contributed by atoms with Gasteiger partial charge in [-0.15, -0.1) is 10.2 Å². The molecule has 10 nitrogen and oxygen atoms in total. The zero-order valence-corrected chi connectivity index (χ0v) is 31.1. The van der Waals surface area contributed by atoms with Gasteiger partial charge in [-0.05, 0) is 67.9 Å². The molecule has 0 radical (unpaired) electrons. The Morgan fingerprint density at radius 1 is 1.00 bits per heavy atom. The highest BCUT2D eigenvalue weighted by Crippen LogP contribution is 2.38. The molecule has 52 heavy (non-hydrogen) atoms. The summed E-state index contributed by atoms with van der Waals surface area (Å²) in [5.74, 6) is -4.89. The molecule has 1 heterocycles. The van der Waals surface area contributed by atoms with Crippen molar-refractivity contribution in [2.75, 3.05) is 34.8 Å². The molecule has 0 aliphatic heterocycles. The number of methoxy groups -OCH3 is 1. The number of carbonyl (C=O) groups is 1. The molecule has 0 aliphatic rings. The predicted octanol–water partition coefficient (Wildman–Crippen LogP) is 6.77. The summed E-state index contributed by atoms with van der Waals surface area (Å²) in [7, 11) is 1.22. The summed E-state index contributed by atoms with van der Waals surface area (Å²) in [5, 5.41) is 9.24. The molecule has 1 atom stereocenters. The van der Waals surface area contributed by atoms with Crippen LogP contribution in [-0.4, -0.2) is 80.8 Å². The van der Waals surface area contributed by atoms with E-state index in [9.17, 15) is 30.8 Å². The molecule has 1 N–H and O–H groups in total. The van der Waals surface area contributed by atoms with E-state index in [4.69, 9.17) is 16.3 Å². The van der Waals surface area contributed by atoms with Gasteiger partial charge < -0.3 is 9.47 Å². The second-order valence-electron chi connectivity index (χ2n) is 12.9. The van der Waals surface area contributed by atoms with Gasteiger partial charge in [-0.25, -0.2) is 31.1 Å². The molecule has 0 fully saturated rings. The van der Waals surface area contributed by atoms with Crippen LogP contribution in [0.25, 0.3) is 5.69 Å². The van der Waals surface area contributed by atoms with Gasteiger partial charge in [0, 0.05) is 23.5 Å². The zero-order valence-electron chi connectivity index (χ0n) is 28.7. The topological polar surface area (TPSA) is 112 Å². The molecule has 282 valence electrons. The minimum atomic E-state index is -5.26. The van der Waals surface area contributed by atoms with Gasteiger partial charge in [0.25, 0.3) is 0 Å². The van der Waals surface area contributed by atoms with Crippen molar-refractivity contribution in [3.05, 3.63) is 94.0 Å². The number of benzene rings is 3. The van der Waals surface area contributed by atoms with E-state index < -0.39 is 68.3 Å². The zero-order chi connectivity index (χ0) is 38.8. The standard InChI is InChI=1S/C33H35ClF6N5O5S2/c1-32(2,19-7-12-24(34)27(15-19)49-6)29-42-43-31(44(29)21-10-8-20(35)9-11-21)51-18-23-25(36)16-22(17-26(23)37)52(47,48)41-14-13-28(45(3,4)5)50-30(46)33(38,39)40/h7-12,15-17,28,41H,13-14,18H2,1-6H3/q+1. The molecule has 1 unspecified atom stereocenters. The van der Waals surface area contributed by atoms with E-state index in [0.29, 0.717) is 34.4 Å². The first-order valence-electron chi connectivity index (χ1n) is 15.3. The van der Waals surface area contributed by atoms with Crippen molar-refractivity contribution < 1.29 is 53.5 Å². The largest absolute Gasteiger partial charge is 0.495 e. The van der Waals surface area contributed by atoms with E-state index in [2.05, 4.69) is 19.7 Å². The molecular weight excluding hydrogens is 760 g/mol. The number of nitrogens with zero attached hydrogens (tertiary/aromatic N) is 4. The molecule has 19 heteroatoms. The molecular formula is C33H35ClF6N5O5S2+. The quantitative estimate of drug-likeness (QED) is 0.0490. The van der Waals surface area contributed by atoms with Crippen LogP contribution in [-0.2, 0) is 30.7 Å². The lowest BCUT2D eigenvalue weighted by Crippen LogP contribution is -2.50. The number of quaternary nitrogens is 1. The van der Waals surface area contributed by atoms with Crippen LogP contribution in [0.15, 0.2) is 64.6 Å². The fourth-order valence-electron chi connectivity index (χ4n) is 4.97. The average Bonchev–Trinajstić information content (AvgIpc) is 3.48. The van der Waals surface area contributed by atoms with Crippen molar-refractivity contribution in [3.63, 3.8) is 0 Å². The Bertz CT molecular complexity index is 2010. The van der Waals surface area contributed by atoms with Gasteiger partial charge in [-0.1, -0.05) is 29.4 Å². The maximum absolute atomic E-state index is 15.4. The molecule has 3 aromatic carbocycles. The second-order valence-corrected chi connectivity index (χ2v) is 16.0. The first kappa shape index (κ1) is 40.9. The van der Waals surface area contributed by atoms with Crippen LogP contribution in [0.5, 0.6) is 5.75 Å². The van der Waals surface area contributed by atoms with Crippen LogP contribution in [0, 0.1) is 17.5 Å². The van der Waals surface area contributed by atoms with Gasteiger partial charge in [0.2, 0.25) is 16.3 Å². The highest BCUT2D eigenvalue weighted by molar-refractivity contribution is 7.98. The van der Waals surface area contributed by atoms with Crippen LogP contribution in [0.3, 0.4) is 0 Å². The van der Waals surface area contributed by atoms with Crippen LogP contribution in [0.4, 0.5) is 26.3 Å². The summed E-state index contributed by atoms with van der Waals surface area (Å²) in [4.78, 5) is 10.6. The number of alkyl halides is 3. The number of carbonyl (C=O) groups excluding carboxylic acids is 1. The molecule has 0 amide bonds. The SMILES string of the molecule is COc1cc(C(C)(C)c2nnc(SCc3c(F)cc(S(=O)(=O)NCCC(OC(=O)C(F)(F)F)[N+](C)(C)C)cc3F)n2-c2ccc(F)cc2)ccc1Cl. The lowest BCUT2D eigenvalue weighted by Gasteiger charge is -2.33. The van der Waals surface area contributed by atoms with Gasteiger partial charge in [0.05, 0.1) is 50.0 Å². The normalized spacial score (nSPS) is 13.2. The van der Waals surface area contributed by atoms with Crippen molar-refractivity contribution in [2.24, 2.45) is 0 Å². The average molecular weight is 795 g/mol. The van der Waals surface area contributed by atoms with Crippen LogP contribution in [0.1, 0.15) is 37.2 Å². The van der Waals surface area contributed by atoms with Crippen molar-refractivity contribution in [1.29, 1.82) is 0 Å². The maximum Gasteiger partial charge on any atom is 0.491 e. The lowest BCUT2D eigenvalue weighted by molar-refractivity contribution is -0.917. The Morgan fingerprint density at radius 2 is 1.62 bits per heavy atom. The summed E-state index contributed by atoms with van der Waals surface area (Å²) in [6, 6.07) is 11.8. The Labute approximate surface area is 305 Å². The van der Waals surface area contributed by atoms with Crippen molar-refractivity contribution in [2.45, 2.75) is 53.9 Å². The van der Waals surface area contributed by atoms with Crippen LogP contribution >= 0.6 is 23.4 Å². The number of esters is 1. The number of hydrogen-bond acceptors (Lipinski definition) is 8. The van der Waals surface area contributed by atoms with Gasteiger partial charge in [0.15, 0.2) is 5.16 Å². The smallest absolute Gasteiger partial charge is 0.491 e. The number of halogens is 7. The summed E-state index contributed by atoms with van der Waals surface area (Å²) < 4.78 is 122. The highest BCUT2D eigenvalue weighted by Gasteiger charge is 2.44. The lowest BCUT2D eigenvalue weighted by atomic mass is 9.83. The van der Waals surface area contributed by atoms with E-state index in [1.54, 1.807) is 22.8 Å². The third-order valence-electron chi connectivity index (χ3n) is 7.94. The second kappa shape index (κ2) is 15.6. The van der Waals surface area contributed by atoms with Gasteiger partial charge in [-0.2, -0.15) is 13.2 Å². The Kier molecular flexibility index (Phi) is 12.3. The van der Waals surface area contributed by atoms with Crippen molar-refractivity contribution in [1.82, 2.24) is 19.5 Å². The van der Waals surface area contributed by atoms with Crippen molar-refractivity contribution in [3.8, 4) is 11.4 Å². The minimum absolute atomic E-state index is 0.186. The number of ether oxygens (including phenoxy) is 2. The number of rotatable bonds is 14. The van der Waals surface area contributed by atoms with E-state index in [1.165, 1.54) is 52.5 Å². The Balaban J connectivity index is 1.58. The maximum atomic E-state index is 15.4. The monoisotopic (exact) mass is 794 g/mol. The van der Waals surface area contributed by atoms with E-state index in [1.807, 2.05) is 13.8 Å². The van der Waals surface area contributed by atoms with E-state index in [-0.39, 0.29) is 21.8 Å². The summed E-state index contributed by atoms with van der Waals surface area (Å²) in [6.45, 7) is 3.20. The molecule has 0 saturated heterocycles. The summed E-state index contributed by atoms with van der Waals surface area (Å²) in [5.41, 5.74) is -0.153. The predicted molar refractivity (Wildman–Crippen MR) is 181 cm³/mol. The first-order valence-corrected chi connectivity index (χ1v) is 18.2. The van der Waals surface area contributed by atoms with Crippen LogP contribution in [0.2, 0.25) is 5.02 Å². The summed E-state index contributed by atoms with van der Waals surface area (Å²) in [6.07, 6.45) is -7.05. The fraction of sp³-hybridized carbons (Fsp3) is 0.364. The Hall–Kier alpha value is -3.84. The molecule has 0 spiro atoms. The van der Waals surface area contributed by atoms with Crippen molar-refractivity contribution >= 4 is 39.4 Å². The number of thioether (sulfide) groups is 1. The molecule has 0 aliphatic carbocycles. The number of sulfonamides is 1. The fourth-order valence-corrected chi connectivity index (χ4v) is 7.21. The minimum Gasteiger partial charge on any atom is -0.495 e. The van der Waals surface area contributed by atoms with E-state index in [0.717, 1.165) is 17.3 Å². The number of hydrogen-bond donors (Lipinski definition) is 1. The number of nitrogens with one attached hydrogen (secondary N) is 1. The molecule has 1 aromatic heterocycles. The third-order valence-corrected chi connectivity index (χ3v) is 10.7. The first-order chi connectivity index (χ1) is 24.1. The van der Waals surface area contributed by atoms with E-state index >= 15 is 8.78 Å². The molecule has 0 saturated carbocycles. The van der Waals surface area contributed by atoms with Gasteiger partial charge in [0.1, 0.15) is 29.0 Å². The Morgan fingerprint density at radius 3 is 2.17 bits per heavy atom. The molecule has 4 rings (SSSR count). The summed E-state index contributed by atoms with van der Waals surface area (Å²) >= 11 is 7.12. The van der Waals surface area contributed by atoms with Gasteiger partial charge >= 0.3 is 12.1 Å². The van der Waals surface area contributed by atoms with Gasteiger partial charge in [-0.3, -0.25) is 9.05 Å². The molecule has 0 bridgehead atoms.